The van der Waals surface area contributed by atoms with E-state index in [0.29, 0.717) is 22.3 Å². The molecule has 0 fully saturated rings. The van der Waals surface area contributed by atoms with Crippen LogP contribution >= 0.6 is 0 Å². The molecule has 22 heavy (non-hydrogen) atoms. The molecule has 0 bridgehead atoms. The maximum Gasteiger partial charge on any atom is 0.455 e. The van der Waals surface area contributed by atoms with Gasteiger partial charge in [-0.05, 0) is 6.07 Å². The summed E-state index contributed by atoms with van der Waals surface area (Å²) < 4.78 is 39.8. The largest absolute Gasteiger partial charge is 0.455 e. The van der Waals surface area contributed by atoms with Crippen molar-refractivity contribution in [2.75, 3.05) is 0 Å². The number of aromatic amines is 2. The number of aromatic nitrogens is 5. The van der Waals surface area contributed by atoms with E-state index in [9.17, 15) is 13.2 Å². The second-order valence-corrected chi connectivity index (χ2v) is 4.65. The minimum atomic E-state index is -4.52. The fourth-order valence-corrected chi connectivity index (χ4v) is 2.24. The third-order valence-electron chi connectivity index (χ3n) is 3.27. The average Bonchev–Trinajstić information content (AvgIpc) is 3.11. The second-order valence-electron chi connectivity index (χ2n) is 4.65. The van der Waals surface area contributed by atoms with E-state index in [0.717, 1.165) is 4.68 Å². The van der Waals surface area contributed by atoms with E-state index in [-0.39, 0.29) is 0 Å². The molecule has 112 valence electrons. The van der Waals surface area contributed by atoms with Gasteiger partial charge in [0.15, 0.2) is 0 Å². The molecule has 0 amide bonds. The highest BCUT2D eigenvalue weighted by atomic mass is 19.4. The number of nitriles is 1. The highest BCUT2D eigenvalue weighted by molar-refractivity contribution is 5.89. The first kappa shape index (κ1) is 14.1. The molecule has 1 unspecified atom stereocenters. The Labute approximate surface area is 122 Å². The Hall–Kier alpha value is -2.89. The summed E-state index contributed by atoms with van der Waals surface area (Å²) in [6.07, 6.45) is 0.546. The first-order chi connectivity index (χ1) is 10.5. The van der Waals surface area contributed by atoms with Crippen LogP contribution in [0.3, 0.4) is 0 Å². The SMILES string of the molecule is N#CCC([n+]1cc(-c2ncnc3[nH]ccc23)c[nH]1)C(F)(F)F. The molecular formula is C13H10F3N6+. The van der Waals surface area contributed by atoms with Gasteiger partial charge in [-0.15, -0.1) is 4.68 Å². The number of alkyl halides is 3. The Kier molecular flexibility index (Phi) is 3.29. The predicted molar refractivity (Wildman–Crippen MR) is 69.2 cm³/mol. The molecule has 9 heteroatoms. The van der Waals surface area contributed by atoms with Crippen LogP contribution < -0.4 is 4.68 Å². The lowest BCUT2D eigenvalue weighted by atomic mass is 10.2. The molecule has 0 saturated heterocycles. The summed E-state index contributed by atoms with van der Waals surface area (Å²) in [5.74, 6) is 0. The van der Waals surface area contributed by atoms with Crippen molar-refractivity contribution in [1.29, 1.82) is 5.26 Å². The van der Waals surface area contributed by atoms with E-state index < -0.39 is 18.6 Å². The standard InChI is InChI=1S/C13H9F3N6/c14-13(15,16)10(1-3-17)22-6-8(5-21-22)11-9-2-4-18-12(9)20-7-19-11/h2,4-7,10H,1H2,(H,18,19,20)/p+1. The summed E-state index contributed by atoms with van der Waals surface area (Å²) in [7, 11) is 0. The van der Waals surface area contributed by atoms with E-state index in [4.69, 9.17) is 5.26 Å². The number of rotatable bonds is 3. The third-order valence-corrected chi connectivity index (χ3v) is 3.27. The van der Waals surface area contributed by atoms with E-state index in [1.54, 1.807) is 18.3 Å². The molecule has 0 aliphatic carbocycles. The van der Waals surface area contributed by atoms with Gasteiger partial charge in [0.2, 0.25) is 6.20 Å². The topological polar surface area (TPSA) is 85.0 Å². The molecule has 1 atom stereocenters. The van der Waals surface area contributed by atoms with Crippen LogP contribution in [0.4, 0.5) is 13.2 Å². The number of hydrogen-bond donors (Lipinski definition) is 2. The number of H-pyrrole nitrogens is 2. The monoisotopic (exact) mass is 307 g/mol. The number of hydrogen-bond acceptors (Lipinski definition) is 3. The molecule has 3 heterocycles. The van der Waals surface area contributed by atoms with Crippen molar-refractivity contribution in [3.05, 3.63) is 31.0 Å². The van der Waals surface area contributed by atoms with Crippen LogP contribution in [-0.4, -0.2) is 26.2 Å². The van der Waals surface area contributed by atoms with Gasteiger partial charge in [0.1, 0.15) is 18.4 Å². The number of nitrogens with one attached hydrogen (secondary N) is 2. The summed E-state index contributed by atoms with van der Waals surface area (Å²) in [5, 5.41) is 11.8. The minimum Gasteiger partial charge on any atom is -0.346 e. The zero-order valence-corrected chi connectivity index (χ0v) is 11.1. The van der Waals surface area contributed by atoms with Crippen molar-refractivity contribution in [2.24, 2.45) is 0 Å². The van der Waals surface area contributed by atoms with Gasteiger partial charge in [-0.2, -0.15) is 23.5 Å². The molecule has 0 aliphatic heterocycles. The molecule has 3 rings (SSSR count). The summed E-state index contributed by atoms with van der Waals surface area (Å²) in [4.78, 5) is 11.1. The molecule has 0 saturated carbocycles. The molecule has 3 aromatic heterocycles. The quantitative estimate of drug-likeness (QED) is 0.728. The van der Waals surface area contributed by atoms with Crippen molar-refractivity contribution >= 4 is 11.0 Å². The van der Waals surface area contributed by atoms with Gasteiger partial charge >= 0.3 is 6.18 Å². The Bertz CT molecular complexity index is 841. The molecule has 2 N–H and O–H groups in total. The van der Waals surface area contributed by atoms with Crippen LogP contribution in [0.1, 0.15) is 12.5 Å². The van der Waals surface area contributed by atoms with Crippen molar-refractivity contribution in [3.63, 3.8) is 0 Å². The fourth-order valence-electron chi connectivity index (χ4n) is 2.24. The lowest BCUT2D eigenvalue weighted by molar-refractivity contribution is -0.793. The van der Waals surface area contributed by atoms with Crippen LogP contribution in [0.15, 0.2) is 31.0 Å². The lowest BCUT2D eigenvalue weighted by Crippen LogP contribution is -2.48. The van der Waals surface area contributed by atoms with E-state index in [2.05, 4.69) is 20.1 Å². The van der Waals surface area contributed by atoms with Crippen molar-refractivity contribution in [3.8, 4) is 17.3 Å². The first-order valence-corrected chi connectivity index (χ1v) is 6.32. The smallest absolute Gasteiger partial charge is 0.346 e. The molecule has 0 spiro atoms. The van der Waals surface area contributed by atoms with Crippen molar-refractivity contribution in [1.82, 2.24) is 20.1 Å². The van der Waals surface area contributed by atoms with Crippen LogP contribution in [0.25, 0.3) is 22.3 Å². The highest BCUT2D eigenvalue weighted by Crippen LogP contribution is 2.30. The van der Waals surface area contributed by atoms with E-state index in [1.165, 1.54) is 18.7 Å². The Morgan fingerprint density at radius 2 is 2.18 bits per heavy atom. The van der Waals surface area contributed by atoms with Gasteiger partial charge in [-0.3, -0.25) is 0 Å². The minimum absolute atomic E-state index is 0.485. The molecule has 0 radical (unpaired) electrons. The van der Waals surface area contributed by atoms with Gasteiger partial charge in [0.25, 0.3) is 6.04 Å². The normalized spacial score (nSPS) is 13.2. The Morgan fingerprint density at radius 1 is 1.36 bits per heavy atom. The summed E-state index contributed by atoms with van der Waals surface area (Å²) in [6.45, 7) is 0. The molecule has 6 nitrogen and oxygen atoms in total. The number of nitrogens with zero attached hydrogens (tertiary/aromatic N) is 4. The van der Waals surface area contributed by atoms with Gasteiger partial charge < -0.3 is 4.98 Å². The maximum absolute atomic E-state index is 13.0. The predicted octanol–water partition coefficient (Wildman–Crippen LogP) is 2.26. The van der Waals surface area contributed by atoms with Crippen LogP contribution in [-0.2, 0) is 0 Å². The lowest BCUT2D eigenvalue weighted by Gasteiger charge is -2.09. The van der Waals surface area contributed by atoms with Crippen LogP contribution in [0.5, 0.6) is 0 Å². The Morgan fingerprint density at radius 3 is 2.91 bits per heavy atom. The highest BCUT2D eigenvalue weighted by Gasteiger charge is 2.48. The first-order valence-electron chi connectivity index (χ1n) is 6.32. The van der Waals surface area contributed by atoms with Crippen molar-refractivity contribution < 1.29 is 17.9 Å². The molecule has 0 aliphatic rings. The molecular weight excluding hydrogens is 297 g/mol. The summed E-state index contributed by atoms with van der Waals surface area (Å²) >= 11 is 0. The van der Waals surface area contributed by atoms with Crippen LogP contribution in [0, 0.1) is 11.3 Å². The second kappa shape index (κ2) is 5.14. The maximum atomic E-state index is 13.0. The fraction of sp³-hybridized carbons (Fsp3) is 0.231. The zero-order valence-electron chi connectivity index (χ0n) is 11.1. The van der Waals surface area contributed by atoms with E-state index >= 15 is 0 Å². The van der Waals surface area contributed by atoms with Crippen LogP contribution in [0.2, 0.25) is 0 Å². The van der Waals surface area contributed by atoms with E-state index in [1.807, 2.05) is 0 Å². The summed E-state index contributed by atoms with van der Waals surface area (Å²) in [6, 6.07) is 1.38. The Balaban J connectivity index is 2.04. The van der Waals surface area contributed by atoms with Gasteiger partial charge in [0.05, 0.1) is 23.5 Å². The van der Waals surface area contributed by atoms with Gasteiger partial charge in [0, 0.05) is 11.6 Å². The van der Waals surface area contributed by atoms with Gasteiger partial charge in [-0.1, -0.05) is 0 Å². The molecule has 3 aromatic rings. The zero-order chi connectivity index (χ0) is 15.7. The van der Waals surface area contributed by atoms with Gasteiger partial charge in [-0.25, -0.2) is 9.97 Å². The average molecular weight is 307 g/mol. The van der Waals surface area contributed by atoms with Crippen molar-refractivity contribution in [2.45, 2.75) is 18.6 Å². The number of halogens is 3. The number of fused-ring (bicyclic) bond motifs is 1. The summed E-state index contributed by atoms with van der Waals surface area (Å²) in [5.41, 5.74) is 1.60. The molecule has 0 aromatic carbocycles. The third kappa shape index (κ3) is 2.39.